The smallest absolute Gasteiger partial charge is 0.129 e. The van der Waals surface area contributed by atoms with Gasteiger partial charge in [0.1, 0.15) is 5.82 Å². The molecule has 1 aliphatic carbocycles. The van der Waals surface area contributed by atoms with Crippen molar-refractivity contribution in [1.29, 1.82) is 0 Å². The highest BCUT2D eigenvalue weighted by molar-refractivity contribution is 5.27. The summed E-state index contributed by atoms with van der Waals surface area (Å²) in [6.45, 7) is 12.1. The fraction of sp³-hybridized carbons (Fsp3) is 0.778. The molecule has 1 saturated carbocycles. The van der Waals surface area contributed by atoms with E-state index in [9.17, 15) is 0 Å². The minimum absolute atomic E-state index is 0.172. The van der Waals surface area contributed by atoms with Crippen LogP contribution in [0.15, 0.2) is 0 Å². The summed E-state index contributed by atoms with van der Waals surface area (Å²) in [6, 6.07) is 0. The van der Waals surface area contributed by atoms with Crippen LogP contribution in [-0.2, 0) is 25.7 Å². The van der Waals surface area contributed by atoms with Crippen LogP contribution in [0.5, 0.6) is 0 Å². The second-order valence-corrected chi connectivity index (χ2v) is 7.29. The number of aromatic nitrogens is 2. The van der Waals surface area contributed by atoms with Crippen molar-refractivity contribution in [3.8, 4) is 0 Å². The van der Waals surface area contributed by atoms with Gasteiger partial charge in [-0.05, 0) is 70.9 Å². The van der Waals surface area contributed by atoms with E-state index in [2.05, 4.69) is 39.9 Å². The zero-order valence-electron chi connectivity index (χ0n) is 14.4. The molecule has 3 heteroatoms. The van der Waals surface area contributed by atoms with E-state index >= 15 is 0 Å². The SMILES string of the molecule is CCc1nc(CC2CC2)nc(CC)c1CCNC(C)(C)C. The van der Waals surface area contributed by atoms with Gasteiger partial charge >= 0.3 is 0 Å². The third-order valence-corrected chi connectivity index (χ3v) is 4.09. The van der Waals surface area contributed by atoms with Crippen LogP contribution in [-0.4, -0.2) is 22.1 Å². The van der Waals surface area contributed by atoms with Crippen molar-refractivity contribution in [2.45, 2.75) is 78.7 Å². The summed E-state index contributed by atoms with van der Waals surface area (Å²) in [7, 11) is 0. The Bertz CT molecular complexity index is 445. The number of hydrogen-bond acceptors (Lipinski definition) is 3. The Morgan fingerprint density at radius 3 is 2.05 bits per heavy atom. The number of nitrogens with one attached hydrogen (secondary N) is 1. The molecule has 21 heavy (non-hydrogen) atoms. The molecule has 0 spiro atoms. The van der Waals surface area contributed by atoms with Crippen LogP contribution >= 0.6 is 0 Å². The average Bonchev–Trinajstić information content (AvgIpc) is 3.22. The Morgan fingerprint density at radius 2 is 1.62 bits per heavy atom. The van der Waals surface area contributed by atoms with Gasteiger partial charge in [-0.25, -0.2) is 9.97 Å². The highest BCUT2D eigenvalue weighted by Crippen LogP contribution is 2.32. The average molecular weight is 289 g/mol. The minimum Gasteiger partial charge on any atom is -0.312 e. The lowest BCUT2D eigenvalue weighted by molar-refractivity contribution is 0.428. The Labute approximate surface area is 130 Å². The molecule has 0 saturated heterocycles. The van der Waals surface area contributed by atoms with Crippen molar-refractivity contribution in [1.82, 2.24) is 15.3 Å². The number of hydrogen-bond donors (Lipinski definition) is 1. The molecular formula is C18H31N3. The maximum atomic E-state index is 4.86. The van der Waals surface area contributed by atoms with Crippen molar-refractivity contribution in [3.05, 3.63) is 22.8 Å². The Balaban J connectivity index is 2.13. The quantitative estimate of drug-likeness (QED) is 0.835. The van der Waals surface area contributed by atoms with E-state index in [-0.39, 0.29) is 5.54 Å². The van der Waals surface area contributed by atoms with Gasteiger partial charge in [0.25, 0.3) is 0 Å². The van der Waals surface area contributed by atoms with E-state index in [1.807, 2.05) is 0 Å². The van der Waals surface area contributed by atoms with Crippen molar-refractivity contribution < 1.29 is 0 Å². The molecule has 0 bridgehead atoms. The highest BCUT2D eigenvalue weighted by atomic mass is 14.9. The third kappa shape index (κ3) is 5.06. The highest BCUT2D eigenvalue weighted by Gasteiger charge is 2.24. The van der Waals surface area contributed by atoms with Crippen molar-refractivity contribution in [2.75, 3.05) is 6.54 Å². The van der Waals surface area contributed by atoms with Crippen LogP contribution in [0, 0.1) is 5.92 Å². The lowest BCUT2D eigenvalue weighted by Crippen LogP contribution is -2.37. The molecule has 0 radical (unpaired) electrons. The molecule has 0 aliphatic heterocycles. The van der Waals surface area contributed by atoms with E-state index in [4.69, 9.17) is 9.97 Å². The molecule has 1 heterocycles. The summed E-state index contributed by atoms with van der Waals surface area (Å²) in [4.78, 5) is 9.71. The molecular weight excluding hydrogens is 258 g/mol. The zero-order chi connectivity index (χ0) is 15.5. The van der Waals surface area contributed by atoms with Gasteiger partial charge in [-0.2, -0.15) is 0 Å². The summed E-state index contributed by atoms with van der Waals surface area (Å²) >= 11 is 0. The predicted molar refractivity (Wildman–Crippen MR) is 88.7 cm³/mol. The van der Waals surface area contributed by atoms with Crippen LogP contribution in [0.25, 0.3) is 0 Å². The molecule has 0 aromatic carbocycles. The van der Waals surface area contributed by atoms with E-state index < -0.39 is 0 Å². The standard InChI is InChI=1S/C18H31N3/c1-6-15-14(10-11-19-18(3,4)5)16(7-2)21-17(20-15)12-13-8-9-13/h13,19H,6-12H2,1-5H3. The van der Waals surface area contributed by atoms with Crippen LogP contribution in [0.4, 0.5) is 0 Å². The van der Waals surface area contributed by atoms with Gasteiger partial charge in [0.05, 0.1) is 0 Å². The molecule has 1 aromatic heterocycles. The number of nitrogens with zero attached hydrogens (tertiary/aromatic N) is 2. The molecule has 1 aromatic rings. The molecule has 0 amide bonds. The molecule has 1 aliphatic rings. The molecule has 0 atom stereocenters. The van der Waals surface area contributed by atoms with Gasteiger partial charge < -0.3 is 5.32 Å². The largest absolute Gasteiger partial charge is 0.312 e. The monoisotopic (exact) mass is 289 g/mol. The van der Waals surface area contributed by atoms with Crippen LogP contribution in [0.1, 0.15) is 70.2 Å². The first-order chi connectivity index (χ1) is 9.93. The van der Waals surface area contributed by atoms with Gasteiger partial charge in [0.2, 0.25) is 0 Å². The molecule has 0 unspecified atom stereocenters. The predicted octanol–water partition coefficient (Wildman–Crippen LogP) is 3.48. The molecule has 1 fully saturated rings. The maximum Gasteiger partial charge on any atom is 0.129 e. The van der Waals surface area contributed by atoms with Crippen molar-refractivity contribution >= 4 is 0 Å². The Hall–Kier alpha value is -0.960. The molecule has 2 rings (SSSR count). The van der Waals surface area contributed by atoms with E-state index in [1.54, 1.807) is 0 Å². The van der Waals surface area contributed by atoms with Gasteiger partial charge in [-0.15, -0.1) is 0 Å². The van der Waals surface area contributed by atoms with Gasteiger partial charge in [0.15, 0.2) is 0 Å². The first-order valence-electron chi connectivity index (χ1n) is 8.55. The summed E-state index contributed by atoms with van der Waals surface area (Å²) in [5.41, 5.74) is 4.10. The second kappa shape index (κ2) is 6.87. The van der Waals surface area contributed by atoms with Crippen molar-refractivity contribution in [2.24, 2.45) is 5.92 Å². The summed E-state index contributed by atoms with van der Waals surface area (Å²) in [5.74, 6) is 1.94. The zero-order valence-corrected chi connectivity index (χ0v) is 14.4. The first-order valence-corrected chi connectivity index (χ1v) is 8.55. The fourth-order valence-electron chi connectivity index (χ4n) is 2.75. The third-order valence-electron chi connectivity index (χ3n) is 4.09. The summed E-state index contributed by atoms with van der Waals surface area (Å²) in [6.07, 6.45) is 6.87. The second-order valence-electron chi connectivity index (χ2n) is 7.29. The summed E-state index contributed by atoms with van der Waals surface area (Å²) in [5, 5.41) is 3.57. The van der Waals surface area contributed by atoms with Gasteiger partial charge in [-0.1, -0.05) is 13.8 Å². The lowest BCUT2D eigenvalue weighted by Gasteiger charge is -2.21. The maximum absolute atomic E-state index is 4.86. The minimum atomic E-state index is 0.172. The molecule has 3 nitrogen and oxygen atoms in total. The Morgan fingerprint density at radius 1 is 1.05 bits per heavy atom. The van der Waals surface area contributed by atoms with Crippen LogP contribution in [0.2, 0.25) is 0 Å². The topological polar surface area (TPSA) is 37.8 Å². The Kier molecular flexibility index (Phi) is 5.37. The van der Waals surface area contributed by atoms with E-state index in [1.165, 1.54) is 29.8 Å². The fourth-order valence-corrected chi connectivity index (χ4v) is 2.75. The molecule has 118 valence electrons. The number of rotatable bonds is 7. The normalized spacial score (nSPS) is 15.5. The summed E-state index contributed by atoms with van der Waals surface area (Å²) < 4.78 is 0. The van der Waals surface area contributed by atoms with Gasteiger partial charge in [0, 0.05) is 23.3 Å². The number of aryl methyl sites for hydroxylation is 2. The van der Waals surface area contributed by atoms with Gasteiger partial charge in [-0.3, -0.25) is 0 Å². The lowest BCUT2D eigenvalue weighted by atomic mass is 10.0. The van der Waals surface area contributed by atoms with Crippen LogP contribution in [0.3, 0.4) is 0 Å². The first kappa shape index (κ1) is 16.4. The molecule has 1 N–H and O–H groups in total. The van der Waals surface area contributed by atoms with E-state index in [0.717, 1.165) is 44.0 Å². The van der Waals surface area contributed by atoms with Crippen molar-refractivity contribution in [3.63, 3.8) is 0 Å². The van der Waals surface area contributed by atoms with Crippen LogP contribution < -0.4 is 5.32 Å². The van der Waals surface area contributed by atoms with E-state index in [0.29, 0.717) is 0 Å².